The Morgan fingerprint density at radius 1 is 1.17 bits per heavy atom. The van der Waals surface area contributed by atoms with Crippen LogP contribution in [-0.2, 0) is 11.2 Å². The standard InChI is InChI=1S/C16H25NO/c1-16(2,3)12-11-15(18)17-13-7-10-14-8-5-4-6-9-14/h4-6,8-9H,7,10-13H2,1-3H3,(H,17,18). The van der Waals surface area contributed by atoms with Gasteiger partial charge in [-0.3, -0.25) is 4.79 Å². The van der Waals surface area contributed by atoms with Crippen LogP contribution in [0.25, 0.3) is 0 Å². The second-order valence-electron chi connectivity index (χ2n) is 6.00. The van der Waals surface area contributed by atoms with Crippen LogP contribution in [0.4, 0.5) is 0 Å². The molecule has 0 fully saturated rings. The monoisotopic (exact) mass is 247 g/mol. The highest BCUT2D eigenvalue weighted by Crippen LogP contribution is 2.20. The van der Waals surface area contributed by atoms with Crippen molar-refractivity contribution >= 4 is 5.91 Å². The number of nitrogens with one attached hydrogen (secondary N) is 1. The molecule has 0 saturated carbocycles. The molecule has 0 aromatic heterocycles. The minimum Gasteiger partial charge on any atom is -0.356 e. The van der Waals surface area contributed by atoms with Crippen LogP contribution in [0.5, 0.6) is 0 Å². The summed E-state index contributed by atoms with van der Waals surface area (Å²) in [6.07, 6.45) is 3.61. The Bertz CT molecular complexity index is 351. The summed E-state index contributed by atoms with van der Waals surface area (Å²) in [5.74, 6) is 0.179. The summed E-state index contributed by atoms with van der Waals surface area (Å²) in [6, 6.07) is 10.4. The molecule has 0 unspecified atom stereocenters. The number of amides is 1. The second kappa shape index (κ2) is 7.20. The lowest BCUT2D eigenvalue weighted by Crippen LogP contribution is -2.25. The van der Waals surface area contributed by atoms with E-state index in [2.05, 4.69) is 50.4 Å². The van der Waals surface area contributed by atoms with Crippen molar-refractivity contribution in [1.82, 2.24) is 5.32 Å². The molecule has 0 radical (unpaired) electrons. The van der Waals surface area contributed by atoms with Crippen LogP contribution in [0.3, 0.4) is 0 Å². The predicted molar refractivity (Wildman–Crippen MR) is 76.5 cm³/mol. The van der Waals surface area contributed by atoms with Gasteiger partial charge in [0.1, 0.15) is 0 Å². The normalized spacial score (nSPS) is 11.3. The van der Waals surface area contributed by atoms with Crippen molar-refractivity contribution in [2.75, 3.05) is 6.54 Å². The highest BCUT2D eigenvalue weighted by Gasteiger charge is 2.12. The third-order valence-corrected chi connectivity index (χ3v) is 2.91. The van der Waals surface area contributed by atoms with Gasteiger partial charge in [0.05, 0.1) is 0 Å². The van der Waals surface area contributed by atoms with E-state index in [9.17, 15) is 4.79 Å². The van der Waals surface area contributed by atoms with Crippen LogP contribution >= 0.6 is 0 Å². The zero-order valence-electron chi connectivity index (χ0n) is 11.8. The lowest BCUT2D eigenvalue weighted by atomic mass is 9.90. The number of benzene rings is 1. The first-order valence-corrected chi connectivity index (χ1v) is 6.78. The van der Waals surface area contributed by atoms with Gasteiger partial charge in [-0.15, -0.1) is 0 Å². The second-order valence-corrected chi connectivity index (χ2v) is 6.00. The molecule has 1 aromatic rings. The summed E-state index contributed by atoms with van der Waals surface area (Å²) >= 11 is 0. The van der Waals surface area contributed by atoms with Gasteiger partial charge in [0, 0.05) is 13.0 Å². The van der Waals surface area contributed by atoms with Gasteiger partial charge in [-0.05, 0) is 30.2 Å². The highest BCUT2D eigenvalue weighted by atomic mass is 16.1. The summed E-state index contributed by atoms with van der Waals surface area (Å²) in [7, 11) is 0. The number of carbonyl (C=O) groups excluding carboxylic acids is 1. The van der Waals surface area contributed by atoms with Gasteiger partial charge < -0.3 is 5.32 Å². The minimum atomic E-state index is 0.179. The van der Waals surface area contributed by atoms with Crippen LogP contribution in [0, 0.1) is 5.41 Å². The van der Waals surface area contributed by atoms with E-state index in [0.29, 0.717) is 6.42 Å². The topological polar surface area (TPSA) is 29.1 Å². The number of rotatable bonds is 6. The zero-order valence-corrected chi connectivity index (χ0v) is 11.8. The summed E-state index contributed by atoms with van der Waals surface area (Å²) in [5.41, 5.74) is 1.57. The van der Waals surface area contributed by atoms with E-state index in [0.717, 1.165) is 25.8 Å². The number of carbonyl (C=O) groups is 1. The van der Waals surface area contributed by atoms with E-state index in [1.165, 1.54) is 5.56 Å². The molecule has 0 aliphatic rings. The molecule has 0 heterocycles. The molecular formula is C16H25NO. The summed E-state index contributed by atoms with van der Waals surface area (Å²) in [5, 5.41) is 2.99. The van der Waals surface area contributed by atoms with Gasteiger partial charge >= 0.3 is 0 Å². The highest BCUT2D eigenvalue weighted by molar-refractivity contribution is 5.75. The fraction of sp³-hybridized carbons (Fsp3) is 0.562. The summed E-state index contributed by atoms with van der Waals surface area (Å²) in [6.45, 7) is 7.26. The molecule has 0 aliphatic heterocycles. The molecule has 2 nitrogen and oxygen atoms in total. The smallest absolute Gasteiger partial charge is 0.220 e. The lowest BCUT2D eigenvalue weighted by molar-refractivity contribution is -0.121. The molecule has 0 atom stereocenters. The van der Waals surface area contributed by atoms with Gasteiger partial charge in [-0.1, -0.05) is 51.1 Å². The molecule has 1 rings (SSSR count). The quantitative estimate of drug-likeness (QED) is 0.765. The van der Waals surface area contributed by atoms with E-state index in [-0.39, 0.29) is 11.3 Å². The molecule has 0 aliphatic carbocycles. The zero-order chi connectivity index (χ0) is 13.4. The Balaban J connectivity index is 2.09. The largest absolute Gasteiger partial charge is 0.356 e. The van der Waals surface area contributed by atoms with Crippen molar-refractivity contribution in [3.8, 4) is 0 Å². The van der Waals surface area contributed by atoms with Gasteiger partial charge in [0.15, 0.2) is 0 Å². The fourth-order valence-electron chi connectivity index (χ4n) is 1.74. The SMILES string of the molecule is CC(C)(C)CCC(=O)NCCCc1ccccc1. The molecule has 0 bridgehead atoms. The molecule has 1 N–H and O–H groups in total. The summed E-state index contributed by atoms with van der Waals surface area (Å²) in [4.78, 5) is 11.6. The Kier molecular flexibility index (Phi) is 5.90. The maximum Gasteiger partial charge on any atom is 0.220 e. The van der Waals surface area contributed by atoms with E-state index in [4.69, 9.17) is 0 Å². The van der Waals surface area contributed by atoms with Crippen molar-refractivity contribution in [1.29, 1.82) is 0 Å². The molecule has 1 amide bonds. The van der Waals surface area contributed by atoms with Crippen molar-refractivity contribution in [2.24, 2.45) is 5.41 Å². The minimum absolute atomic E-state index is 0.179. The summed E-state index contributed by atoms with van der Waals surface area (Å²) < 4.78 is 0. The maximum atomic E-state index is 11.6. The Hall–Kier alpha value is -1.31. The lowest BCUT2D eigenvalue weighted by Gasteiger charge is -2.17. The van der Waals surface area contributed by atoms with Gasteiger partial charge in [0.25, 0.3) is 0 Å². The average molecular weight is 247 g/mol. The van der Waals surface area contributed by atoms with E-state index < -0.39 is 0 Å². The Morgan fingerprint density at radius 2 is 1.83 bits per heavy atom. The van der Waals surface area contributed by atoms with Crippen molar-refractivity contribution in [2.45, 2.75) is 46.5 Å². The molecule has 0 saturated heterocycles. The molecule has 2 heteroatoms. The molecular weight excluding hydrogens is 222 g/mol. The van der Waals surface area contributed by atoms with Crippen LogP contribution in [0.15, 0.2) is 30.3 Å². The van der Waals surface area contributed by atoms with Gasteiger partial charge in [-0.2, -0.15) is 0 Å². The number of aryl methyl sites for hydroxylation is 1. The van der Waals surface area contributed by atoms with Gasteiger partial charge in [-0.25, -0.2) is 0 Å². The van der Waals surface area contributed by atoms with E-state index >= 15 is 0 Å². The van der Waals surface area contributed by atoms with Crippen molar-refractivity contribution in [3.63, 3.8) is 0 Å². The molecule has 100 valence electrons. The third-order valence-electron chi connectivity index (χ3n) is 2.91. The molecule has 1 aromatic carbocycles. The van der Waals surface area contributed by atoms with Crippen LogP contribution < -0.4 is 5.32 Å². The van der Waals surface area contributed by atoms with Crippen molar-refractivity contribution in [3.05, 3.63) is 35.9 Å². The number of hydrogen-bond acceptors (Lipinski definition) is 1. The fourth-order valence-corrected chi connectivity index (χ4v) is 1.74. The van der Waals surface area contributed by atoms with E-state index in [1.54, 1.807) is 0 Å². The first-order chi connectivity index (χ1) is 8.47. The molecule has 0 spiro atoms. The predicted octanol–water partition coefficient (Wildman–Crippen LogP) is 3.56. The van der Waals surface area contributed by atoms with Crippen LogP contribution in [0.1, 0.15) is 45.6 Å². The van der Waals surface area contributed by atoms with Crippen molar-refractivity contribution < 1.29 is 4.79 Å². The van der Waals surface area contributed by atoms with Crippen LogP contribution in [-0.4, -0.2) is 12.5 Å². The average Bonchev–Trinajstić information content (AvgIpc) is 2.33. The Morgan fingerprint density at radius 3 is 2.44 bits per heavy atom. The van der Waals surface area contributed by atoms with Gasteiger partial charge in [0.2, 0.25) is 5.91 Å². The first kappa shape index (κ1) is 14.7. The molecule has 18 heavy (non-hydrogen) atoms. The third kappa shape index (κ3) is 7.10. The number of hydrogen-bond donors (Lipinski definition) is 1. The first-order valence-electron chi connectivity index (χ1n) is 6.78. The van der Waals surface area contributed by atoms with Crippen LogP contribution in [0.2, 0.25) is 0 Å². The van der Waals surface area contributed by atoms with E-state index in [1.807, 2.05) is 6.07 Å². The Labute approximate surface area is 111 Å². The maximum absolute atomic E-state index is 11.6.